The highest BCUT2D eigenvalue weighted by Gasteiger charge is 2.56. The number of thioether (sulfide) groups is 1. The summed E-state index contributed by atoms with van der Waals surface area (Å²) in [4.78, 5) is 56.8. The van der Waals surface area contributed by atoms with Crippen molar-refractivity contribution in [1.29, 1.82) is 0 Å². The minimum absolute atomic E-state index is 0.278. The van der Waals surface area contributed by atoms with Gasteiger partial charge >= 0.3 is 4.87 Å². The summed E-state index contributed by atoms with van der Waals surface area (Å²) in [5.41, 5.74) is 1.55. The Morgan fingerprint density at radius 1 is 0.933 bits per heavy atom. The first-order valence-electron chi connectivity index (χ1n) is 13.9. The van der Waals surface area contributed by atoms with Crippen molar-refractivity contribution in [2.24, 2.45) is 5.92 Å². The number of aromatic amines is 1. The Morgan fingerprint density at radius 2 is 1.71 bits per heavy atom. The summed E-state index contributed by atoms with van der Waals surface area (Å²) >= 11 is 2.14. The number of halogens is 1. The van der Waals surface area contributed by atoms with E-state index in [-0.39, 0.29) is 23.1 Å². The average molecular weight is 642 g/mol. The molecule has 226 valence electrons. The van der Waals surface area contributed by atoms with Crippen LogP contribution in [-0.4, -0.2) is 41.7 Å². The van der Waals surface area contributed by atoms with Gasteiger partial charge in [-0.05, 0) is 64.9 Å². The highest BCUT2D eigenvalue weighted by Crippen LogP contribution is 2.53. The van der Waals surface area contributed by atoms with E-state index >= 15 is 0 Å². The van der Waals surface area contributed by atoms with Crippen molar-refractivity contribution in [3.8, 4) is 11.5 Å². The van der Waals surface area contributed by atoms with Gasteiger partial charge in [-0.3, -0.25) is 19.2 Å². The molecule has 1 aromatic heterocycles. The molecule has 0 radical (unpaired) electrons. The number of aromatic nitrogens is 1. The molecule has 0 bridgehead atoms. The number of H-pyrrole nitrogens is 1. The average Bonchev–Trinajstić information content (AvgIpc) is 3.54. The van der Waals surface area contributed by atoms with Gasteiger partial charge in [-0.15, -0.1) is 0 Å². The van der Waals surface area contributed by atoms with Crippen LogP contribution in [0.4, 0.5) is 15.8 Å². The van der Waals surface area contributed by atoms with E-state index in [4.69, 9.17) is 9.47 Å². The van der Waals surface area contributed by atoms with Crippen LogP contribution in [0.15, 0.2) is 94.7 Å². The van der Waals surface area contributed by atoms with Gasteiger partial charge in [0.05, 0.1) is 23.7 Å². The van der Waals surface area contributed by atoms with Crippen LogP contribution in [0, 0.1) is 11.7 Å². The quantitative estimate of drug-likeness (QED) is 0.224. The smallest absolute Gasteiger partial charge is 0.305 e. The molecule has 0 aliphatic carbocycles. The first kappa shape index (κ1) is 28.8. The van der Waals surface area contributed by atoms with Crippen molar-refractivity contribution in [3.63, 3.8) is 0 Å². The van der Waals surface area contributed by atoms with E-state index in [9.17, 15) is 23.6 Å². The van der Waals surface area contributed by atoms with Gasteiger partial charge in [0.25, 0.3) is 5.91 Å². The number of nitrogens with zero attached hydrogens (tertiary/aromatic N) is 1. The molecule has 1 fully saturated rings. The lowest BCUT2D eigenvalue weighted by Gasteiger charge is -2.30. The normalized spacial score (nSPS) is 18.9. The molecule has 2 N–H and O–H groups in total. The predicted molar refractivity (Wildman–Crippen MR) is 170 cm³/mol. The summed E-state index contributed by atoms with van der Waals surface area (Å²) < 4.78 is 25.0. The van der Waals surface area contributed by atoms with Crippen molar-refractivity contribution in [2.45, 2.75) is 16.2 Å². The molecule has 4 aromatic carbocycles. The standard InChI is InChI=1S/C33H24FN3O6S2/c1-42-24-15-19(7-13-23(24)43-16-25(38)35-21-10-6-17-4-2-3-5-18(17)14-21)26-27-29(44-30-28(26)45-33(41)36-30)32(40)37(31(27)39)22-11-8-20(34)9-12-22/h2-15,26-27,29H,16H2,1H3,(H,35,38)(H,36,41). The summed E-state index contributed by atoms with van der Waals surface area (Å²) in [5.74, 6) is -2.56. The Morgan fingerprint density at radius 3 is 2.49 bits per heavy atom. The van der Waals surface area contributed by atoms with Crippen LogP contribution in [0.1, 0.15) is 16.4 Å². The molecule has 12 heteroatoms. The van der Waals surface area contributed by atoms with Gasteiger partial charge in [0, 0.05) is 16.5 Å². The van der Waals surface area contributed by atoms with E-state index < -0.39 is 34.7 Å². The van der Waals surface area contributed by atoms with Gasteiger partial charge in [0.2, 0.25) is 11.8 Å². The molecule has 3 heterocycles. The van der Waals surface area contributed by atoms with Gasteiger partial charge in [-0.1, -0.05) is 59.5 Å². The number of imide groups is 1. The van der Waals surface area contributed by atoms with E-state index in [1.807, 2.05) is 42.5 Å². The molecule has 2 aliphatic heterocycles. The molecule has 2 aliphatic rings. The highest BCUT2D eigenvalue weighted by atomic mass is 32.2. The molecule has 45 heavy (non-hydrogen) atoms. The van der Waals surface area contributed by atoms with E-state index in [1.54, 1.807) is 18.2 Å². The Kier molecular flexibility index (Phi) is 7.38. The molecule has 0 saturated carbocycles. The third kappa shape index (κ3) is 5.25. The van der Waals surface area contributed by atoms with Crippen LogP contribution in [0.25, 0.3) is 10.8 Å². The minimum atomic E-state index is -0.823. The van der Waals surface area contributed by atoms with Crippen LogP contribution in [-0.2, 0) is 14.4 Å². The van der Waals surface area contributed by atoms with Crippen LogP contribution in [0.5, 0.6) is 11.5 Å². The Balaban J connectivity index is 1.15. The van der Waals surface area contributed by atoms with Gasteiger partial charge < -0.3 is 19.8 Å². The number of anilines is 2. The maximum Gasteiger partial charge on any atom is 0.305 e. The molecule has 9 nitrogen and oxygen atoms in total. The lowest BCUT2D eigenvalue weighted by atomic mass is 9.83. The van der Waals surface area contributed by atoms with Crippen LogP contribution < -0.4 is 24.6 Å². The lowest BCUT2D eigenvalue weighted by molar-refractivity contribution is -0.122. The maximum atomic E-state index is 13.9. The number of amides is 3. The van der Waals surface area contributed by atoms with Crippen molar-refractivity contribution < 1.29 is 28.2 Å². The van der Waals surface area contributed by atoms with Gasteiger partial charge in [-0.25, -0.2) is 9.29 Å². The van der Waals surface area contributed by atoms with Crippen LogP contribution in [0.3, 0.4) is 0 Å². The number of nitrogens with one attached hydrogen (secondary N) is 2. The molecule has 7 rings (SSSR count). The number of benzene rings is 4. The second kappa shape index (κ2) is 11.5. The second-order valence-corrected chi connectivity index (χ2v) is 12.7. The summed E-state index contributed by atoms with van der Waals surface area (Å²) in [7, 11) is 1.46. The monoisotopic (exact) mass is 641 g/mol. The summed E-state index contributed by atoms with van der Waals surface area (Å²) in [6, 6.07) is 23.7. The fourth-order valence-electron chi connectivity index (χ4n) is 5.83. The zero-order valence-corrected chi connectivity index (χ0v) is 25.2. The highest BCUT2D eigenvalue weighted by molar-refractivity contribution is 8.00. The van der Waals surface area contributed by atoms with E-state index in [1.165, 1.54) is 31.4 Å². The molecule has 3 unspecified atom stereocenters. The van der Waals surface area contributed by atoms with Crippen molar-refractivity contribution >= 4 is 63.0 Å². The van der Waals surface area contributed by atoms with Gasteiger partial charge in [0.15, 0.2) is 18.1 Å². The number of fused-ring (bicyclic) bond motifs is 3. The molecule has 1 saturated heterocycles. The first-order chi connectivity index (χ1) is 21.8. The number of rotatable bonds is 7. The molecule has 5 aromatic rings. The minimum Gasteiger partial charge on any atom is -0.493 e. The van der Waals surface area contributed by atoms with Crippen molar-refractivity contribution in [3.05, 3.63) is 111 Å². The Hall–Kier alpha value is -4.94. The largest absolute Gasteiger partial charge is 0.493 e. The van der Waals surface area contributed by atoms with Gasteiger partial charge in [-0.2, -0.15) is 0 Å². The number of ether oxygens (including phenoxy) is 2. The summed E-state index contributed by atoms with van der Waals surface area (Å²) in [5, 5.41) is 4.63. The molecule has 0 spiro atoms. The summed E-state index contributed by atoms with van der Waals surface area (Å²) in [6.45, 7) is -0.281. The Labute approximate surface area is 264 Å². The predicted octanol–water partition coefficient (Wildman–Crippen LogP) is 5.55. The molecular weight excluding hydrogens is 618 g/mol. The molecule has 3 atom stereocenters. The van der Waals surface area contributed by atoms with Crippen molar-refractivity contribution in [1.82, 2.24) is 4.98 Å². The topological polar surface area (TPSA) is 118 Å². The number of methoxy groups -OCH3 is 1. The number of hydrogen-bond acceptors (Lipinski definition) is 8. The first-order valence-corrected chi connectivity index (χ1v) is 15.6. The molecular formula is C33H24FN3O6S2. The third-order valence-electron chi connectivity index (χ3n) is 7.85. The summed E-state index contributed by atoms with van der Waals surface area (Å²) in [6.07, 6.45) is 0. The van der Waals surface area contributed by atoms with Crippen LogP contribution in [0.2, 0.25) is 0 Å². The van der Waals surface area contributed by atoms with Crippen LogP contribution >= 0.6 is 23.1 Å². The number of carbonyl (C=O) groups excluding carboxylic acids is 3. The fourth-order valence-corrected chi connectivity index (χ4v) is 8.34. The molecule has 3 amide bonds. The van der Waals surface area contributed by atoms with E-state index in [2.05, 4.69) is 10.3 Å². The fraction of sp³-hybridized carbons (Fsp3) is 0.152. The number of hydrogen-bond donors (Lipinski definition) is 2. The maximum absolute atomic E-state index is 13.9. The lowest BCUT2D eigenvalue weighted by Crippen LogP contribution is -2.32. The zero-order chi connectivity index (χ0) is 31.2. The number of thiazole rings is 1. The van der Waals surface area contributed by atoms with E-state index in [0.29, 0.717) is 32.7 Å². The third-order valence-corrected chi connectivity index (χ3v) is 10.2. The zero-order valence-electron chi connectivity index (χ0n) is 23.6. The van der Waals surface area contributed by atoms with Gasteiger partial charge in [0.1, 0.15) is 11.1 Å². The SMILES string of the molecule is COc1cc(C2c3sc(=O)[nH]c3SC3C(=O)N(c4ccc(F)cc4)C(=O)C32)ccc1OCC(=O)Nc1ccc2ccccc2c1. The van der Waals surface area contributed by atoms with E-state index in [0.717, 1.165) is 38.8 Å². The number of carbonyl (C=O) groups is 3. The Bertz CT molecular complexity index is 2040. The van der Waals surface area contributed by atoms with Crippen molar-refractivity contribution in [2.75, 3.05) is 23.9 Å². The second-order valence-electron chi connectivity index (χ2n) is 10.5.